The molecule has 3 N–H and O–H groups in total. The number of rotatable bonds is 0. The summed E-state index contributed by atoms with van der Waals surface area (Å²) in [5.74, 6) is 0. The molecule has 0 unspecified atom stereocenters. The molecule has 45 valence electrons. The summed E-state index contributed by atoms with van der Waals surface area (Å²) >= 11 is 0. The average molecular weight is 246 g/mol. The summed E-state index contributed by atoms with van der Waals surface area (Å²) in [6, 6.07) is 0. The van der Waals surface area contributed by atoms with Gasteiger partial charge in [0.05, 0.1) is 0 Å². The Morgan fingerprint density at radius 3 is 1.14 bits per heavy atom. The normalized spacial score (nSPS) is 8.43. The number of hydrogen-bond donors (Lipinski definition) is 3. The summed E-state index contributed by atoms with van der Waals surface area (Å²) in [5.41, 5.74) is 0. The first-order valence-corrected chi connectivity index (χ1v) is 2.35. The molecule has 0 aromatic carbocycles. The number of hydrogen-bond acceptors (Lipinski definition) is 1. The molecule has 7 heavy (non-hydrogen) atoms. The second-order valence-corrected chi connectivity index (χ2v) is 1.54. The van der Waals surface area contributed by atoms with Gasteiger partial charge in [0.25, 0.3) is 0 Å². The first kappa shape index (κ1) is 16.2. The maximum absolute atomic E-state index is 8.88. The molecule has 0 aliphatic rings. The molecular weight excluding hydrogens is 242 g/mol. The maximum atomic E-state index is 8.88. The molecule has 1 radical (unpaired) electrons. The van der Waals surface area contributed by atoms with Crippen LogP contribution in [0.1, 0.15) is 0 Å². The third kappa shape index (κ3) is 57.8. The molecule has 0 saturated heterocycles. The summed E-state index contributed by atoms with van der Waals surface area (Å²) in [5, 5.41) is 0. The summed E-state index contributed by atoms with van der Waals surface area (Å²) in [7, 11) is -4.64. The molecule has 0 aromatic rings. The van der Waals surface area contributed by atoms with E-state index in [2.05, 4.69) is 0 Å². The monoisotopic (exact) mass is 245 g/mol. The van der Waals surface area contributed by atoms with Crippen LogP contribution >= 0.6 is 7.82 Å². The van der Waals surface area contributed by atoms with E-state index < -0.39 is 7.82 Å². The fourth-order valence-electron chi connectivity index (χ4n) is 0. The quantitative estimate of drug-likeness (QED) is 0.356. The van der Waals surface area contributed by atoms with Crippen molar-refractivity contribution in [1.29, 1.82) is 0 Å². The van der Waals surface area contributed by atoms with Crippen LogP contribution in [0, 0.1) is 0 Å². The van der Waals surface area contributed by atoms with Gasteiger partial charge in [0.2, 0.25) is 0 Å². The van der Waals surface area contributed by atoms with Crippen LogP contribution in [0.2, 0.25) is 0 Å². The Morgan fingerprint density at radius 1 is 1.14 bits per heavy atom. The zero-order chi connectivity index (χ0) is 4.50. The second kappa shape index (κ2) is 6.60. The standard InChI is InChI=1S/Ag.K.H3O4P.H/c;;1-5(2,3)4;/h;;(H3,1,2,3,4);. The van der Waals surface area contributed by atoms with Crippen molar-refractivity contribution in [3.05, 3.63) is 0 Å². The summed E-state index contributed by atoms with van der Waals surface area (Å²) < 4.78 is 8.88. The minimum atomic E-state index is -4.64. The summed E-state index contributed by atoms with van der Waals surface area (Å²) in [6.07, 6.45) is 0. The zero-order valence-electron chi connectivity index (χ0n) is 2.50. The van der Waals surface area contributed by atoms with Gasteiger partial charge < -0.3 is 14.7 Å². The van der Waals surface area contributed by atoms with E-state index in [1.807, 2.05) is 0 Å². The molecule has 0 spiro atoms. The van der Waals surface area contributed by atoms with Crippen molar-refractivity contribution in [1.82, 2.24) is 0 Å². The van der Waals surface area contributed by atoms with Gasteiger partial charge in [0.1, 0.15) is 0 Å². The van der Waals surface area contributed by atoms with Crippen LogP contribution in [0.3, 0.4) is 0 Å². The van der Waals surface area contributed by atoms with Crippen LogP contribution in [0.5, 0.6) is 0 Å². The Hall–Kier alpha value is 2.49. The van der Waals surface area contributed by atoms with Crippen molar-refractivity contribution in [3.63, 3.8) is 0 Å². The van der Waals surface area contributed by atoms with E-state index in [0.29, 0.717) is 0 Å². The topological polar surface area (TPSA) is 77.8 Å². The van der Waals surface area contributed by atoms with Crippen molar-refractivity contribution in [2.75, 3.05) is 0 Å². The first-order chi connectivity index (χ1) is 2.00. The minimum absolute atomic E-state index is 0. The van der Waals surface area contributed by atoms with Crippen molar-refractivity contribution < 1.29 is 41.6 Å². The Balaban J connectivity index is -0.0000000800. The zero-order valence-corrected chi connectivity index (χ0v) is 4.88. The van der Waals surface area contributed by atoms with E-state index in [1.54, 1.807) is 0 Å². The van der Waals surface area contributed by atoms with Crippen LogP contribution in [-0.2, 0) is 26.9 Å². The first-order valence-electron chi connectivity index (χ1n) is 0.783. The van der Waals surface area contributed by atoms with Gasteiger partial charge in [-0.2, -0.15) is 0 Å². The van der Waals surface area contributed by atoms with Gasteiger partial charge in [-0.3, -0.25) is 0 Å². The van der Waals surface area contributed by atoms with Gasteiger partial charge in [0, 0.05) is 22.4 Å². The molecule has 4 nitrogen and oxygen atoms in total. The second-order valence-electron chi connectivity index (χ2n) is 0.513. The van der Waals surface area contributed by atoms with E-state index in [1.165, 1.54) is 0 Å². The van der Waals surface area contributed by atoms with Crippen LogP contribution in [0.4, 0.5) is 0 Å². The van der Waals surface area contributed by atoms with Crippen molar-refractivity contribution >= 4 is 59.2 Å². The molecule has 0 aromatic heterocycles. The molecule has 7 heteroatoms. The van der Waals surface area contributed by atoms with Gasteiger partial charge in [0.15, 0.2) is 0 Å². The van der Waals surface area contributed by atoms with E-state index in [4.69, 9.17) is 19.2 Å². The van der Waals surface area contributed by atoms with Crippen LogP contribution in [-0.4, -0.2) is 66.1 Å². The van der Waals surface area contributed by atoms with Gasteiger partial charge >= 0.3 is 59.2 Å². The van der Waals surface area contributed by atoms with Crippen LogP contribution < -0.4 is 0 Å². The fraction of sp³-hybridized carbons (Fsp3) is 0. The number of phosphoric acid groups is 1. The third-order valence-electron chi connectivity index (χ3n) is 0. The van der Waals surface area contributed by atoms with E-state index >= 15 is 0 Å². The van der Waals surface area contributed by atoms with Crippen molar-refractivity contribution in [3.8, 4) is 0 Å². The molecule has 0 saturated carbocycles. The van der Waals surface area contributed by atoms with Crippen LogP contribution in [0.25, 0.3) is 0 Å². The molecule has 0 fully saturated rings. The SMILES string of the molecule is O=P(O)(O)O.[Ag].[KH]. The molecule has 0 bridgehead atoms. The fourth-order valence-corrected chi connectivity index (χ4v) is 0. The molecule has 0 atom stereocenters. The molecule has 0 rings (SSSR count). The Kier molecular flexibility index (Phi) is 15.3. The Morgan fingerprint density at radius 2 is 1.14 bits per heavy atom. The predicted molar refractivity (Wildman–Crippen MR) is 21.4 cm³/mol. The van der Waals surface area contributed by atoms with Crippen molar-refractivity contribution in [2.24, 2.45) is 0 Å². The Labute approximate surface area is 98.9 Å². The molecule has 0 heterocycles. The third-order valence-corrected chi connectivity index (χ3v) is 0. The van der Waals surface area contributed by atoms with Gasteiger partial charge in [-0.05, 0) is 0 Å². The van der Waals surface area contributed by atoms with Crippen LogP contribution in [0.15, 0.2) is 0 Å². The Bertz CT molecular complexity index is 57.8. The van der Waals surface area contributed by atoms with E-state index in [9.17, 15) is 0 Å². The molecule has 0 amide bonds. The predicted octanol–water partition coefficient (Wildman–Crippen LogP) is -1.58. The van der Waals surface area contributed by atoms with Gasteiger partial charge in [-0.1, -0.05) is 0 Å². The van der Waals surface area contributed by atoms with Gasteiger partial charge in [-0.25, -0.2) is 4.57 Å². The molecule has 0 aliphatic heterocycles. The molecular formula is H4AgKO4P. The van der Waals surface area contributed by atoms with Crippen molar-refractivity contribution in [2.45, 2.75) is 0 Å². The average Bonchev–Trinajstić information content (AvgIpc) is 0.722. The van der Waals surface area contributed by atoms with Gasteiger partial charge in [-0.15, -0.1) is 0 Å². The summed E-state index contributed by atoms with van der Waals surface area (Å²) in [6.45, 7) is 0. The van der Waals surface area contributed by atoms with E-state index in [0.717, 1.165) is 0 Å². The molecule has 0 aliphatic carbocycles. The summed E-state index contributed by atoms with van der Waals surface area (Å²) in [4.78, 5) is 21.6. The van der Waals surface area contributed by atoms with E-state index in [-0.39, 0.29) is 73.8 Å².